The molecule has 5 nitrogen and oxygen atoms in total. The van der Waals surface area contributed by atoms with Crippen LogP contribution in [-0.4, -0.2) is 53.1 Å². The maximum Gasteiger partial charge on any atom is 0.416 e. The van der Waals surface area contributed by atoms with E-state index in [1.165, 1.54) is 0 Å². The Morgan fingerprint density at radius 2 is 1.89 bits per heavy atom. The lowest BCUT2D eigenvalue weighted by Crippen LogP contribution is -2.59. The van der Waals surface area contributed by atoms with Crippen molar-refractivity contribution >= 4 is 12.0 Å². The second-order valence-corrected chi connectivity index (χ2v) is 8.30. The van der Waals surface area contributed by atoms with Gasteiger partial charge in [0.05, 0.1) is 11.6 Å². The molecule has 0 radical (unpaired) electrons. The van der Waals surface area contributed by atoms with Gasteiger partial charge in [-0.2, -0.15) is 13.2 Å². The molecular weight excluding hydrogens is 373 g/mol. The number of amides is 2. The fourth-order valence-electron chi connectivity index (χ4n) is 3.82. The summed E-state index contributed by atoms with van der Waals surface area (Å²) in [7, 11) is 0. The molecule has 1 fully saturated rings. The van der Waals surface area contributed by atoms with E-state index in [4.69, 9.17) is 4.74 Å². The van der Waals surface area contributed by atoms with Gasteiger partial charge in [0.15, 0.2) is 0 Å². The number of carbonyl (C=O) groups is 2. The molecule has 3 rings (SSSR count). The van der Waals surface area contributed by atoms with Crippen LogP contribution < -0.4 is 0 Å². The molecule has 0 unspecified atom stereocenters. The van der Waals surface area contributed by atoms with E-state index < -0.39 is 29.3 Å². The highest BCUT2D eigenvalue weighted by Crippen LogP contribution is 2.36. The van der Waals surface area contributed by atoms with E-state index in [0.717, 1.165) is 12.1 Å². The number of hydrogen-bond acceptors (Lipinski definition) is 3. The molecule has 0 saturated carbocycles. The summed E-state index contributed by atoms with van der Waals surface area (Å²) < 4.78 is 45.1. The van der Waals surface area contributed by atoms with Crippen molar-refractivity contribution in [3.8, 4) is 0 Å². The molecule has 0 spiro atoms. The van der Waals surface area contributed by atoms with Crippen molar-refractivity contribution in [3.63, 3.8) is 0 Å². The maximum atomic E-state index is 13.2. The normalized spacial score (nSPS) is 20.0. The summed E-state index contributed by atoms with van der Waals surface area (Å²) in [5.41, 5.74) is -0.0806. The molecule has 1 aromatic carbocycles. The molecule has 0 bridgehead atoms. The standard InChI is InChI=1S/C20H25F3N2O3/c1-5-12-8-13(20(21,22)23)9-16-15(12)10-14-11-24(6-7-25(14)17(16)26)18(27)28-19(2,3)4/h8-9,14H,5-7,10-11H2,1-4H3/t14-/m1/s1. The van der Waals surface area contributed by atoms with Gasteiger partial charge in [0.25, 0.3) is 5.91 Å². The van der Waals surface area contributed by atoms with Crippen LogP contribution >= 0.6 is 0 Å². The molecule has 28 heavy (non-hydrogen) atoms. The van der Waals surface area contributed by atoms with Gasteiger partial charge < -0.3 is 14.5 Å². The molecule has 154 valence electrons. The van der Waals surface area contributed by atoms with Crippen LogP contribution in [0, 0.1) is 0 Å². The van der Waals surface area contributed by atoms with E-state index in [0.29, 0.717) is 37.1 Å². The van der Waals surface area contributed by atoms with Crippen LogP contribution in [0.5, 0.6) is 0 Å². The first kappa shape index (κ1) is 20.5. The molecule has 2 amide bonds. The van der Waals surface area contributed by atoms with Gasteiger partial charge in [0, 0.05) is 25.2 Å². The van der Waals surface area contributed by atoms with Gasteiger partial charge in [-0.25, -0.2) is 4.79 Å². The van der Waals surface area contributed by atoms with E-state index >= 15 is 0 Å². The summed E-state index contributed by atoms with van der Waals surface area (Å²) in [6.45, 7) is 8.02. The summed E-state index contributed by atoms with van der Waals surface area (Å²) in [4.78, 5) is 28.5. The zero-order valence-corrected chi connectivity index (χ0v) is 16.5. The maximum absolute atomic E-state index is 13.2. The monoisotopic (exact) mass is 398 g/mol. The van der Waals surface area contributed by atoms with E-state index in [1.807, 2.05) is 0 Å². The lowest BCUT2D eigenvalue weighted by Gasteiger charge is -2.44. The lowest BCUT2D eigenvalue weighted by atomic mass is 9.86. The summed E-state index contributed by atoms with van der Waals surface area (Å²) in [6.07, 6.45) is -4.09. The third-order valence-corrected chi connectivity index (χ3v) is 5.12. The van der Waals surface area contributed by atoms with Crippen LogP contribution in [0.25, 0.3) is 0 Å². The van der Waals surface area contributed by atoms with Crippen molar-refractivity contribution < 1.29 is 27.5 Å². The highest BCUT2D eigenvalue weighted by Gasteiger charge is 2.41. The summed E-state index contributed by atoms with van der Waals surface area (Å²) in [6, 6.07) is 1.84. The zero-order valence-electron chi connectivity index (χ0n) is 16.5. The minimum Gasteiger partial charge on any atom is -0.444 e. The van der Waals surface area contributed by atoms with Crippen molar-refractivity contribution in [2.24, 2.45) is 0 Å². The number of hydrogen-bond donors (Lipinski definition) is 0. The molecule has 0 aliphatic carbocycles. The van der Waals surface area contributed by atoms with Gasteiger partial charge >= 0.3 is 12.3 Å². The number of aryl methyl sites for hydroxylation is 1. The number of carbonyl (C=O) groups excluding carboxylic acids is 2. The second-order valence-electron chi connectivity index (χ2n) is 8.30. The van der Waals surface area contributed by atoms with Crippen molar-refractivity contribution in [2.75, 3.05) is 19.6 Å². The predicted octanol–water partition coefficient (Wildman–Crippen LogP) is 3.89. The van der Waals surface area contributed by atoms with Crippen molar-refractivity contribution in [3.05, 3.63) is 34.4 Å². The third-order valence-electron chi connectivity index (χ3n) is 5.12. The fourth-order valence-corrected chi connectivity index (χ4v) is 3.82. The third kappa shape index (κ3) is 3.95. The Morgan fingerprint density at radius 3 is 2.46 bits per heavy atom. The predicted molar refractivity (Wildman–Crippen MR) is 97.2 cm³/mol. The Labute approximate surface area is 162 Å². The molecule has 2 aliphatic rings. The number of fused-ring (bicyclic) bond motifs is 2. The molecule has 1 saturated heterocycles. The number of piperazine rings is 1. The first-order valence-electron chi connectivity index (χ1n) is 9.42. The molecule has 0 N–H and O–H groups in total. The van der Waals surface area contributed by atoms with Gasteiger partial charge in [0.1, 0.15) is 5.60 Å². The molecule has 2 aliphatic heterocycles. The summed E-state index contributed by atoms with van der Waals surface area (Å²) in [5, 5.41) is 0. The van der Waals surface area contributed by atoms with Crippen LogP contribution in [-0.2, 0) is 23.8 Å². The van der Waals surface area contributed by atoms with Gasteiger partial charge in [-0.1, -0.05) is 6.92 Å². The molecule has 0 aromatic heterocycles. The minimum atomic E-state index is -4.49. The average Bonchev–Trinajstić information content (AvgIpc) is 2.58. The Kier molecular flexibility index (Phi) is 5.10. The molecular formula is C20H25F3N2O3. The van der Waals surface area contributed by atoms with Gasteiger partial charge in [-0.05, 0) is 56.9 Å². The van der Waals surface area contributed by atoms with Crippen LogP contribution in [0.15, 0.2) is 12.1 Å². The van der Waals surface area contributed by atoms with E-state index in [1.54, 1.807) is 37.5 Å². The van der Waals surface area contributed by atoms with Crippen LogP contribution in [0.3, 0.4) is 0 Å². The summed E-state index contributed by atoms with van der Waals surface area (Å²) >= 11 is 0. The van der Waals surface area contributed by atoms with Gasteiger partial charge in [0.2, 0.25) is 0 Å². The lowest BCUT2D eigenvalue weighted by molar-refractivity contribution is -0.137. The van der Waals surface area contributed by atoms with Crippen molar-refractivity contribution in [1.29, 1.82) is 0 Å². The molecule has 8 heteroatoms. The number of rotatable bonds is 1. The van der Waals surface area contributed by atoms with Crippen molar-refractivity contribution in [2.45, 2.75) is 58.4 Å². The highest BCUT2D eigenvalue weighted by atomic mass is 19.4. The number of halogens is 3. The highest BCUT2D eigenvalue weighted by molar-refractivity contribution is 5.98. The fraction of sp³-hybridized carbons (Fsp3) is 0.600. The van der Waals surface area contributed by atoms with Crippen LogP contribution in [0.2, 0.25) is 0 Å². The minimum absolute atomic E-state index is 0.133. The number of nitrogens with zero attached hydrogens (tertiary/aromatic N) is 2. The Morgan fingerprint density at radius 1 is 1.21 bits per heavy atom. The summed E-state index contributed by atoms with van der Waals surface area (Å²) in [5.74, 6) is -0.393. The van der Waals surface area contributed by atoms with Crippen molar-refractivity contribution in [1.82, 2.24) is 9.80 Å². The van der Waals surface area contributed by atoms with Crippen LogP contribution in [0.4, 0.5) is 18.0 Å². The Balaban J connectivity index is 1.89. The topological polar surface area (TPSA) is 49.9 Å². The van der Waals surface area contributed by atoms with E-state index in [2.05, 4.69) is 0 Å². The molecule has 1 aromatic rings. The largest absolute Gasteiger partial charge is 0.444 e. The first-order valence-corrected chi connectivity index (χ1v) is 9.42. The van der Waals surface area contributed by atoms with E-state index in [-0.39, 0.29) is 18.2 Å². The SMILES string of the molecule is CCc1cc(C(F)(F)F)cc2c1C[C@@H]1CN(C(=O)OC(C)(C)C)CCN1C2=O. The molecule has 2 heterocycles. The molecule has 1 atom stereocenters. The second kappa shape index (κ2) is 6.97. The van der Waals surface area contributed by atoms with E-state index in [9.17, 15) is 22.8 Å². The first-order chi connectivity index (χ1) is 12.9. The smallest absolute Gasteiger partial charge is 0.416 e. The Hall–Kier alpha value is -2.25. The number of ether oxygens (including phenoxy) is 1. The quantitative estimate of drug-likeness (QED) is 0.721. The number of alkyl halides is 3. The van der Waals surface area contributed by atoms with Gasteiger partial charge in [-0.3, -0.25) is 4.79 Å². The van der Waals surface area contributed by atoms with Crippen LogP contribution in [0.1, 0.15) is 54.7 Å². The van der Waals surface area contributed by atoms with Gasteiger partial charge in [-0.15, -0.1) is 0 Å². The Bertz CT molecular complexity index is 799. The average molecular weight is 398 g/mol. The number of benzene rings is 1. The zero-order chi connectivity index (χ0) is 20.9.